The third-order valence-electron chi connectivity index (χ3n) is 5.51. The average molecular weight is 376 g/mol. The van der Waals surface area contributed by atoms with Gasteiger partial charge in [-0.3, -0.25) is 0 Å². The van der Waals surface area contributed by atoms with Crippen LogP contribution in [0.25, 0.3) is 0 Å². The lowest BCUT2D eigenvalue weighted by Gasteiger charge is -2.39. The molecular weight excluding hydrogens is 342 g/mol. The van der Waals surface area contributed by atoms with Crippen LogP contribution in [-0.4, -0.2) is 62.2 Å². The minimum atomic E-state index is -0.277. The molecule has 3 fully saturated rings. The van der Waals surface area contributed by atoms with Crippen LogP contribution in [0.4, 0.5) is 11.5 Å². The zero-order valence-corrected chi connectivity index (χ0v) is 17.1. The molecule has 0 spiro atoms. The van der Waals surface area contributed by atoms with Crippen LogP contribution >= 0.6 is 0 Å². The highest BCUT2D eigenvalue weighted by Gasteiger charge is 2.38. The van der Waals surface area contributed by atoms with Gasteiger partial charge in [-0.1, -0.05) is 0 Å². The Bertz CT molecular complexity index is 657. The van der Waals surface area contributed by atoms with E-state index >= 15 is 0 Å². The normalized spacial score (nSPS) is 27.0. The van der Waals surface area contributed by atoms with E-state index in [0.29, 0.717) is 18.0 Å². The maximum Gasteiger partial charge on any atom is 0.217 e. The molecule has 4 rings (SSSR count). The molecule has 6 nitrogen and oxygen atoms in total. The number of hydrogen-bond donors (Lipinski definition) is 0. The zero-order chi connectivity index (χ0) is 19.0. The van der Waals surface area contributed by atoms with Gasteiger partial charge in [-0.05, 0) is 46.5 Å². The van der Waals surface area contributed by atoms with E-state index in [1.165, 1.54) is 18.5 Å². The lowest BCUT2D eigenvalue weighted by Crippen LogP contribution is -2.47. The third kappa shape index (κ3) is 4.49. The number of ether oxygens (including phenoxy) is 3. The van der Waals surface area contributed by atoms with Crippen molar-refractivity contribution in [1.29, 1.82) is 0 Å². The molecule has 2 unspecified atom stereocenters. The summed E-state index contributed by atoms with van der Waals surface area (Å²) in [6.07, 6.45) is 2.60. The summed E-state index contributed by atoms with van der Waals surface area (Å²) in [6.45, 7) is 13.3. The van der Waals surface area contributed by atoms with Crippen molar-refractivity contribution in [2.75, 3.05) is 49.3 Å². The molecule has 150 valence electrons. The average Bonchev–Trinajstić information content (AvgIpc) is 3.45. The third-order valence-corrected chi connectivity index (χ3v) is 5.51. The highest BCUT2D eigenvalue weighted by atomic mass is 16.5. The first-order valence-corrected chi connectivity index (χ1v) is 10.3. The van der Waals surface area contributed by atoms with E-state index in [2.05, 4.69) is 49.6 Å². The van der Waals surface area contributed by atoms with Crippen LogP contribution in [0.15, 0.2) is 12.1 Å². The van der Waals surface area contributed by atoms with E-state index < -0.39 is 0 Å². The van der Waals surface area contributed by atoms with Gasteiger partial charge in [0, 0.05) is 37.0 Å². The maximum atomic E-state index is 6.18. The Morgan fingerprint density at radius 3 is 2.41 bits per heavy atom. The van der Waals surface area contributed by atoms with E-state index in [1.807, 2.05) is 0 Å². The molecule has 6 heteroatoms. The lowest BCUT2D eigenvalue weighted by molar-refractivity contribution is 0.0868. The van der Waals surface area contributed by atoms with Gasteiger partial charge in [0.15, 0.2) is 0 Å². The van der Waals surface area contributed by atoms with Gasteiger partial charge in [0.2, 0.25) is 5.88 Å². The van der Waals surface area contributed by atoms with Gasteiger partial charge in [-0.2, -0.15) is 4.98 Å². The largest absolute Gasteiger partial charge is 0.472 e. The summed E-state index contributed by atoms with van der Waals surface area (Å²) in [7, 11) is 0. The first-order chi connectivity index (χ1) is 12.9. The maximum absolute atomic E-state index is 6.18. The van der Waals surface area contributed by atoms with Crippen molar-refractivity contribution in [1.82, 2.24) is 4.98 Å². The van der Waals surface area contributed by atoms with Gasteiger partial charge in [-0.15, -0.1) is 0 Å². The molecule has 2 aliphatic heterocycles. The van der Waals surface area contributed by atoms with Crippen LogP contribution in [0, 0.1) is 5.92 Å². The van der Waals surface area contributed by atoms with Crippen molar-refractivity contribution < 1.29 is 14.2 Å². The fourth-order valence-corrected chi connectivity index (χ4v) is 4.05. The molecule has 0 amide bonds. The number of rotatable bonds is 4. The molecule has 2 atom stereocenters. The number of morpholine rings is 2. The minimum Gasteiger partial charge on any atom is -0.472 e. The molecule has 3 heterocycles. The Morgan fingerprint density at radius 2 is 1.74 bits per heavy atom. The number of pyridine rings is 1. The van der Waals surface area contributed by atoms with Crippen LogP contribution in [0.5, 0.6) is 5.88 Å². The second-order valence-electron chi connectivity index (χ2n) is 9.03. The van der Waals surface area contributed by atoms with Gasteiger partial charge in [0.1, 0.15) is 11.4 Å². The molecule has 0 bridgehead atoms. The summed E-state index contributed by atoms with van der Waals surface area (Å²) in [4.78, 5) is 9.78. The fourth-order valence-electron chi connectivity index (χ4n) is 4.05. The first kappa shape index (κ1) is 18.8. The molecule has 1 saturated carbocycles. The van der Waals surface area contributed by atoms with E-state index in [1.54, 1.807) is 0 Å². The predicted octanol–water partition coefficient (Wildman–Crippen LogP) is 3.10. The molecule has 3 aliphatic rings. The number of hydrogen-bond acceptors (Lipinski definition) is 6. The standard InChI is InChI=1S/C21H33N3O3/c1-15-13-25-9-7-23(15)17-11-19(22-20(12-17)27-21(2,3)4)24-8-10-26-14-18(24)16-5-6-16/h11-12,15-16,18H,5-10,13-14H2,1-4H3. The summed E-state index contributed by atoms with van der Waals surface area (Å²) >= 11 is 0. The summed E-state index contributed by atoms with van der Waals surface area (Å²) in [5.74, 6) is 2.46. The Labute approximate surface area is 162 Å². The second-order valence-corrected chi connectivity index (χ2v) is 9.03. The van der Waals surface area contributed by atoms with Gasteiger partial charge in [-0.25, -0.2) is 0 Å². The van der Waals surface area contributed by atoms with E-state index in [0.717, 1.165) is 51.3 Å². The summed E-state index contributed by atoms with van der Waals surface area (Å²) in [5.41, 5.74) is 0.900. The summed E-state index contributed by atoms with van der Waals surface area (Å²) < 4.78 is 17.6. The molecule has 0 aromatic carbocycles. The number of anilines is 2. The van der Waals surface area contributed by atoms with Crippen molar-refractivity contribution in [3.63, 3.8) is 0 Å². The number of aromatic nitrogens is 1. The highest BCUT2D eigenvalue weighted by Crippen LogP contribution is 2.39. The fraction of sp³-hybridized carbons (Fsp3) is 0.762. The van der Waals surface area contributed by atoms with Gasteiger partial charge < -0.3 is 24.0 Å². The first-order valence-electron chi connectivity index (χ1n) is 10.3. The van der Waals surface area contributed by atoms with Gasteiger partial charge in [0.25, 0.3) is 0 Å². The molecular formula is C21H33N3O3. The minimum absolute atomic E-state index is 0.277. The topological polar surface area (TPSA) is 47.1 Å². The molecule has 1 aliphatic carbocycles. The van der Waals surface area contributed by atoms with Crippen LogP contribution in [0.1, 0.15) is 40.5 Å². The monoisotopic (exact) mass is 375 g/mol. The Kier molecular flexibility index (Phi) is 5.21. The second kappa shape index (κ2) is 7.47. The van der Waals surface area contributed by atoms with Crippen LogP contribution in [-0.2, 0) is 9.47 Å². The molecule has 1 aromatic heterocycles. The van der Waals surface area contributed by atoms with E-state index in [4.69, 9.17) is 19.2 Å². The van der Waals surface area contributed by atoms with Crippen LogP contribution in [0.3, 0.4) is 0 Å². The Balaban J connectivity index is 1.68. The molecule has 2 saturated heterocycles. The van der Waals surface area contributed by atoms with Gasteiger partial charge >= 0.3 is 0 Å². The Hall–Kier alpha value is -1.53. The van der Waals surface area contributed by atoms with Gasteiger partial charge in [0.05, 0.1) is 32.5 Å². The quantitative estimate of drug-likeness (QED) is 0.806. The van der Waals surface area contributed by atoms with Crippen molar-refractivity contribution in [2.24, 2.45) is 5.92 Å². The zero-order valence-electron chi connectivity index (χ0n) is 17.1. The van der Waals surface area contributed by atoms with E-state index in [-0.39, 0.29) is 5.60 Å². The molecule has 0 radical (unpaired) electrons. The SMILES string of the molecule is CC1COCCN1c1cc(OC(C)(C)C)nc(N2CCOCC2C2CC2)c1. The Morgan fingerprint density at radius 1 is 1.04 bits per heavy atom. The van der Waals surface area contributed by atoms with E-state index in [9.17, 15) is 0 Å². The number of nitrogens with zero attached hydrogens (tertiary/aromatic N) is 3. The molecule has 27 heavy (non-hydrogen) atoms. The molecule has 1 aromatic rings. The van der Waals surface area contributed by atoms with Crippen molar-refractivity contribution in [2.45, 2.75) is 58.2 Å². The van der Waals surface area contributed by atoms with Crippen molar-refractivity contribution in [3.8, 4) is 5.88 Å². The van der Waals surface area contributed by atoms with Crippen LogP contribution in [0.2, 0.25) is 0 Å². The van der Waals surface area contributed by atoms with Crippen LogP contribution < -0.4 is 14.5 Å². The highest BCUT2D eigenvalue weighted by molar-refractivity contribution is 5.59. The summed E-state index contributed by atoms with van der Waals surface area (Å²) in [5, 5.41) is 0. The lowest BCUT2D eigenvalue weighted by atomic mass is 10.1. The summed E-state index contributed by atoms with van der Waals surface area (Å²) in [6, 6.07) is 5.10. The predicted molar refractivity (Wildman–Crippen MR) is 107 cm³/mol. The molecule has 0 N–H and O–H groups in total. The smallest absolute Gasteiger partial charge is 0.217 e. The van der Waals surface area contributed by atoms with Crippen molar-refractivity contribution >= 4 is 11.5 Å². The van der Waals surface area contributed by atoms with Crippen molar-refractivity contribution in [3.05, 3.63) is 12.1 Å².